The van der Waals surface area contributed by atoms with E-state index < -0.39 is 0 Å². The van der Waals surface area contributed by atoms with Crippen LogP contribution in [0.3, 0.4) is 0 Å². The third kappa shape index (κ3) is 1.92. The predicted molar refractivity (Wildman–Crippen MR) is 49.3 cm³/mol. The zero-order chi connectivity index (χ0) is 9.10. The molecule has 1 aliphatic heterocycles. The second-order valence-electron chi connectivity index (χ2n) is 3.52. The molecule has 0 saturated carbocycles. The highest BCUT2D eigenvalue weighted by molar-refractivity contribution is 5.08. The second-order valence-corrected chi connectivity index (χ2v) is 3.52. The normalized spacial score (nSPS) is 21.6. The summed E-state index contributed by atoms with van der Waals surface area (Å²) in [5.74, 6) is 0.354. The van der Waals surface area contributed by atoms with Crippen LogP contribution in [0.4, 0.5) is 0 Å². The number of H-pyrrole nitrogens is 1. The lowest BCUT2D eigenvalue weighted by Crippen LogP contribution is -2.22. The van der Waals surface area contributed by atoms with Gasteiger partial charge in [-0.05, 0) is 30.9 Å². The molecule has 1 saturated heterocycles. The number of aliphatic hydroxyl groups excluding tert-OH is 1. The molecule has 1 fully saturated rings. The van der Waals surface area contributed by atoms with Crippen molar-refractivity contribution < 1.29 is 9.84 Å². The van der Waals surface area contributed by atoms with Gasteiger partial charge < -0.3 is 14.8 Å². The summed E-state index contributed by atoms with van der Waals surface area (Å²) in [7, 11) is 0. The number of hydrogen-bond acceptors (Lipinski definition) is 2. The van der Waals surface area contributed by atoms with Gasteiger partial charge in [0, 0.05) is 25.1 Å². The van der Waals surface area contributed by atoms with E-state index >= 15 is 0 Å². The van der Waals surface area contributed by atoms with Gasteiger partial charge in [-0.25, -0.2) is 0 Å². The molecule has 1 aromatic rings. The first-order chi connectivity index (χ1) is 6.38. The van der Waals surface area contributed by atoms with E-state index in [-0.39, 0.29) is 6.10 Å². The van der Waals surface area contributed by atoms with Crippen LogP contribution in [0.25, 0.3) is 0 Å². The molecule has 0 bridgehead atoms. The zero-order valence-corrected chi connectivity index (χ0v) is 7.57. The summed E-state index contributed by atoms with van der Waals surface area (Å²) in [4.78, 5) is 3.04. The SMILES string of the molecule is OC(c1ccc[nH]1)C1CCOCC1. The molecule has 3 heteroatoms. The molecule has 0 aromatic carbocycles. The Kier molecular flexibility index (Phi) is 2.66. The number of aromatic amines is 1. The van der Waals surface area contributed by atoms with Crippen molar-refractivity contribution in [1.82, 2.24) is 4.98 Å². The van der Waals surface area contributed by atoms with Crippen LogP contribution in [0.15, 0.2) is 18.3 Å². The maximum absolute atomic E-state index is 9.95. The molecule has 2 rings (SSSR count). The lowest BCUT2D eigenvalue weighted by molar-refractivity contribution is 0.00577. The molecule has 2 heterocycles. The number of aromatic nitrogens is 1. The minimum absolute atomic E-state index is 0.348. The maximum Gasteiger partial charge on any atom is 0.0967 e. The van der Waals surface area contributed by atoms with Gasteiger partial charge >= 0.3 is 0 Å². The van der Waals surface area contributed by atoms with E-state index in [1.165, 1.54) is 0 Å². The van der Waals surface area contributed by atoms with Crippen LogP contribution < -0.4 is 0 Å². The van der Waals surface area contributed by atoms with Gasteiger partial charge in [0.15, 0.2) is 0 Å². The first-order valence-corrected chi connectivity index (χ1v) is 4.77. The van der Waals surface area contributed by atoms with Crippen molar-refractivity contribution >= 4 is 0 Å². The Morgan fingerprint density at radius 1 is 1.46 bits per heavy atom. The van der Waals surface area contributed by atoms with Crippen molar-refractivity contribution in [3.8, 4) is 0 Å². The van der Waals surface area contributed by atoms with Crippen molar-refractivity contribution in [1.29, 1.82) is 0 Å². The summed E-state index contributed by atoms with van der Waals surface area (Å²) in [6.45, 7) is 1.56. The standard InChI is InChI=1S/C10H15NO2/c12-10(9-2-1-5-11-9)8-3-6-13-7-4-8/h1-2,5,8,10-12H,3-4,6-7H2. The van der Waals surface area contributed by atoms with Crippen LogP contribution in [0.5, 0.6) is 0 Å². The topological polar surface area (TPSA) is 45.2 Å². The third-order valence-corrected chi connectivity index (χ3v) is 2.65. The highest BCUT2D eigenvalue weighted by Crippen LogP contribution is 2.28. The highest BCUT2D eigenvalue weighted by atomic mass is 16.5. The Morgan fingerprint density at radius 3 is 2.85 bits per heavy atom. The summed E-state index contributed by atoms with van der Waals surface area (Å²) in [5, 5.41) is 9.95. The smallest absolute Gasteiger partial charge is 0.0967 e. The number of rotatable bonds is 2. The number of ether oxygens (including phenoxy) is 1. The van der Waals surface area contributed by atoms with Crippen molar-refractivity contribution in [3.05, 3.63) is 24.0 Å². The molecule has 2 N–H and O–H groups in total. The van der Waals surface area contributed by atoms with Gasteiger partial charge in [-0.3, -0.25) is 0 Å². The van der Waals surface area contributed by atoms with Gasteiger partial charge in [0.25, 0.3) is 0 Å². The first kappa shape index (κ1) is 8.78. The van der Waals surface area contributed by atoms with Crippen molar-refractivity contribution in [2.45, 2.75) is 18.9 Å². The van der Waals surface area contributed by atoms with Crippen LogP contribution in [0.1, 0.15) is 24.6 Å². The lowest BCUT2D eigenvalue weighted by Gasteiger charge is -2.26. The molecule has 0 aliphatic carbocycles. The fourth-order valence-electron chi connectivity index (χ4n) is 1.81. The molecule has 1 unspecified atom stereocenters. The molecule has 1 atom stereocenters. The Labute approximate surface area is 77.7 Å². The molecule has 72 valence electrons. The van der Waals surface area contributed by atoms with Gasteiger partial charge in [-0.1, -0.05) is 0 Å². The summed E-state index contributed by atoms with van der Waals surface area (Å²) in [5.41, 5.74) is 0.923. The van der Waals surface area contributed by atoms with Gasteiger partial charge in [-0.2, -0.15) is 0 Å². The monoisotopic (exact) mass is 181 g/mol. The van der Waals surface area contributed by atoms with E-state index in [1.54, 1.807) is 0 Å². The number of nitrogens with one attached hydrogen (secondary N) is 1. The van der Waals surface area contributed by atoms with Crippen LogP contribution in [0, 0.1) is 5.92 Å². The quantitative estimate of drug-likeness (QED) is 0.725. The molecule has 0 spiro atoms. The summed E-state index contributed by atoms with van der Waals surface area (Å²) in [6.07, 6.45) is 3.41. The summed E-state index contributed by atoms with van der Waals surface area (Å²) in [6, 6.07) is 3.85. The lowest BCUT2D eigenvalue weighted by atomic mass is 9.92. The Balaban J connectivity index is 1.99. The van der Waals surface area contributed by atoms with Crippen LogP contribution in [-0.4, -0.2) is 23.3 Å². The summed E-state index contributed by atoms with van der Waals surface area (Å²) < 4.78 is 5.25. The Bertz CT molecular complexity index is 239. The number of aliphatic hydroxyl groups is 1. The van der Waals surface area contributed by atoms with Crippen LogP contribution in [-0.2, 0) is 4.74 Å². The predicted octanol–water partition coefficient (Wildman–Crippen LogP) is 1.47. The molecule has 0 amide bonds. The third-order valence-electron chi connectivity index (χ3n) is 2.65. The molecular weight excluding hydrogens is 166 g/mol. The Morgan fingerprint density at radius 2 is 2.23 bits per heavy atom. The van der Waals surface area contributed by atoms with E-state index in [0.29, 0.717) is 5.92 Å². The van der Waals surface area contributed by atoms with Crippen LogP contribution in [0.2, 0.25) is 0 Å². The average Bonchev–Trinajstić information content (AvgIpc) is 2.71. The highest BCUT2D eigenvalue weighted by Gasteiger charge is 2.23. The molecule has 3 nitrogen and oxygen atoms in total. The summed E-state index contributed by atoms with van der Waals surface area (Å²) >= 11 is 0. The maximum atomic E-state index is 9.95. The first-order valence-electron chi connectivity index (χ1n) is 4.77. The molecule has 0 radical (unpaired) electrons. The van der Waals surface area contributed by atoms with E-state index in [0.717, 1.165) is 31.7 Å². The number of hydrogen-bond donors (Lipinski definition) is 2. The van der Waals surface area contributed by atoms with Crippen LogP contribution >= 0.6 is 0 Å². The fourth-order valence-corrected chi connectivity index (χ4v) is 1.81. The van der Waals surface area contributed by atoms with E-state index in [2.05, 4.69) is 4.98 Å². The van der Waals surface area contributed by atoms with E-state index in [4.69, 9.17) is 4.74 Å². The fraction of sp³-hybridized carbons (Fsp3) is 0.600. The van der Waals surface area contributed by atoms with E-state index in [1.807, 2.05) is 18.3 Å². The van der Waals surface area contributed by atoms with Crippen molar-refractivity contribution in [2.24, 2.45) is 5.92 Å². The minimum atomic E-state index is -0.348. The van der Waals surface area contributed by atoms with E-state index in [9.17, 15) is 5.11 Å². The molecule has 1 aliphatic rings. The van der Waals surface area contributed by atoms with Crippen molar-refractivity contribution in [2.75, 3.05) is 13.2 Å². The average molecular weight is 181 g/mol. The molecule has 1 aromatic heterocycles. The van der Waals surface area contributed by atoms with Gasteiger partial charge in [0.1, 0.15) is 0 Å². The molecular formula is C10H15NO2. The second kappa shape index (κ2) is 3.94. The molecule has 13 heavy (non-hydrogen) atoms. The zero-order valence-electron chi connectivity index (χ0n) is 7.57. The largest absolute Gasteiger partial charge is 0.387 e. The van der Waals surface area contributed by atoms with Gasteiger partial charge in [0.2, 0.25) is 0 Å². The minimum Gasteiger partial charge on any atom is -0.387 e. The van der Waals surface area contributed by atoms with Gasteiger partial charge in [0.05, 0.1) is 6.10 Å². The van der Waals surface area contributed by atoms with Gasteiger partial charge in [-0.15, -0.1) is 0 Å². The Hall–Kier alpha value is -0.800. The van der Waals surface area contributed by atoms with Crippen molar-refractivity contribution in [3.63, 3.8) is 0 Å².